The second kappa shape index (κ2) is 9.07. The molecule has 7 heteroatoms. The number of rotatable bonds is 6. The average Bonchev–Trinajstić information content (AvgIpc) is 3.57. The number of anilines is 1. The van der Waals surface area contributed by atoms with Crippen molar-refractivity contribution in [3.8, 4) is 22.4 Å². The Balaban J connectivity index is 1.56. The molecule has 5 aromatic rings. The highest BCUT2D eigenvalue weighted by molar-refractivity contribution is 5.95. The molecule has 0 radical (unpaired) electrons. The number of hydrogen-bond donors (Lipinski definition) is 1. The van der Waals surface area contributed by atoms with Crippen molar-refractivity contribution >= 4 is 22.4 Å². The van der Waals surface area contributed by atoms with Crippen LogP contribution in [0.1, 0.15) is 26.7 Å². The van der Waals surface area contributed by atoms with Crippen molar-refractivity contribution in [3.63, 3.8) is 0 Å². The van der Waals surface area contributed by atoms with Crippen molar-refractivity contribution < 1.29 is 0 Å². The van der Waals surface area contributed by atoms with Crippen molar-refractivity contribution in [2.45, 2.75) is 38.8 Å². The van der Waals surface area contributed by atoms with Crippen LogP contribution in [0.2, 0.25) is 0 Å². The second-order valence-corrected chi connectivity index (χ2v) is 9.48. The monoisotopic (exact) mass is 463 g/mol. The maximum atomic E-state index is 5.29. The Morgan fingerprint density at radius 2 is 1.83 bits per heavy atom. The third kappa shape index (κ3) is 4.02. The van der Waals surface area contributed by atoms with E-state index in [-0.39, 0.29) is 0 Å². The van der Waals surface area contributed by atoms with Crippen LogP contribution in [0.3, 0.4) is 0 Å². The number of nitrogens with zero attached hydrogens (tertiary/aromatic N) is 6. The third-order valence-electron chi connectivity index (χ3n) is 6.80. The third-order valence-corrected chi connectivity index (χ3v) is 6.80. The first kappa shape index (κ1) is 21.7. The number of benzene rings is 2. The van der Waals surface area contributed by atoms with E-state index in [1.165, 1.54) is 10.8 Å². The Labute approximate surface area is 204 Å². The predicted molar refractivity (Wildman–Crippen MR) is 140 cm³/mol. The van der Waals surface area contributed by atoms with Crippen molar-refractivity contribution in [1.29, 1.82) is 0 Å². The minimum absolute atomic E-state index is 0.370. The molecule has 1 aliphatic heterocycles. The van der Waals surface area contributed by atoms with E-state index < -0.39 is 0 Å². The van der Waals surface area contributed by atoms with Crippen LogP contribution in [0.4, 0.5) is 5.95 Å². The molecule has 4 heterocycles. The van der Waals surface area contributed by atoms with Crippen LogP contribution >= 0.6 is 0 Å². The van der Waals surface area contributed by atoms with Crippen LogP contribution in [0.15, 0.2) is 73.3 Å². The molecule has 3 aromatic heterocycles. The number of fused-ring (bicyclic) bond motifs is 2. The Hall–Kier alpha value is -3.84. The van der Waals surface area contributed by atoms with E-state index in [1.807, 2.05) is 29.0 Å². The summed E-state index contributed by atoms with van der Waals surface area (Å²) in [6.07, 6.45) is 7.55. The summed E-state index contributed by atoms with van der Waals surface area (Å²) in [7, 11) is 0. The molecule has 35 heavy (non-hydrogen) atoms. The van der Waals surface area contributed by atoms with Gasteiger partial charge in [-0.05, 0) is 47.4 Å². The number of pyridine rings is 1. The van der Waals surface area contributed by atoms with Crippen molar-refractivity contribution in [1.82, 2.24) is 29.9 Å². The number of nitrogens with one attached hydrogen (secondary N) is 1. The second-order valence-electron chi connectivity index (χ2n) is 9.48. The molecule has 1 atom stereocenters. The molecule has 0 amide bonds. The van der Waals surface area contributed by atoms with Crippen molar-refractivity contribution in [3.05, 3.63) is 73.3 Å². The molecule has 7 nitrogen and oxygen atoms in total. The molecule has 1 aliphatic rings. The summed E-state index contributed by atoms with van der Waals surface area (Å²) in [5.74, 6) is 0.849. The molecule has 0 aliphatic carbocycles. The zero-order valence-electron chi connectivity index (χ0n) is 20.1. The molecule has 0 saturated carbocycles. The lowest BCUT2D eigenvalue weighted by atomic mass is 9.98. The van der Waals surface area contributed by atoms with Gasteiger partial charge in [-0.3, -0.25) is 4.98 Å². The van der Waals surface area contributed by atoms with Crippen LogP contribution in [-0.2, 0) is 0 Å². The van der Waals surface area contributed by atoms with E-state index in [0.717, 1.165) is 59.9 Å². The van der Waals surface area contributed by atoms with Crippen molar-refractivity contribution in [2.75, 3.05) is 18.0 Å². The van der Waals surface area contributed by atoms with Crippen LogP contribution < -0.4 is 10.2 Å². The molecule has 1 fully saturated rings. The van der Waals surface area contributed by atoms with Crippen LogP contribution in [-0.4, -0.2) is 49.7 Å². The fraction of sp³-hybridized carbons (Fsp3) is 0.286. The highest BCUT2D eigenvalue weighted by atomic mass is 15.4. The Bertz CT molecular complexity index is 1480. The van der Waals surface area contributed by atoms with E-state index in [9.17, 15) is 0 Å². The number of aromatic nitrogens is 5. The summed E-state index contributed by atoms with van der Waals surface area (Å²) in [5.41, 5.74) is 4.80. The first-order valence-electron chi connectivity index (χ1n) is 12.3. The molecular weight excluding hydrogens is 434 g/mol. The van der Waals surface area contributed by atoms with Gasteiger partial charge in [-0.2, -0.15) is 9.61 Å². The SMILES string of the molecule is CC(C)NCC1CCCN1c1nc(-c2ccncc2)c(-c2ccc3ccccc3c2)c2ncnn12. The Morgan fingerprint density at radius 1 is 1.00 bits per heavy atom. The molecule has 176 valence electrons. The highest BCUT2D eigenvalue weighted by Gasteiger charge is 2.30. The lowest BCUT2D eigenvalue weighted by Crippen LogP contribution is -2.41. The van der Waals surface area contributed by atoms with Gasteiger partial charge in [0.25, 0.3) is 0 Å². The lowest BCUT2D eigenvalue weighted by Gasteiger charge is -2.28. The van der Waals surface area contributed by atoms with E-state index in [0.29, 0.717) is 12.1 Å². The summed E-state index contributed by atoms with van der Waals surface area (Å²) in [6, 6.07) is 19.8. The quantitative estimate of drug-likeness (QED) is 0.383. The molecular formula is C28H29N7. The Kier molecular flexibility index (Phi) is 5.62. The van der Waals surface area contributed by atoms with Gasteiger partial charge in [0.15, 0.2) is 5.65 Å². The van der Waals surface area contributed by atoms with Crippen LogP contribution in [0.5, 0.6) is 0 Å². The largest absolute Gasteiger partial charge is 0.336 e. The zero-order valence-corrected chi connectivity index (χ0v) is 20.1. The minimum atomic E-state index is 0.370. The van der Waals surface area contributed by atoms with Gasteiger partial charge in [-0.15, -0.1) is 0 Å². The predicted octanol–water partition coefficient (Wildman–Crippen LogP) is 4.97. The van der Waals surface area contributed by atoms with Crippen molar-refractivity contribution in [2.24, 2.45) is 0 Å². The first-order chi connectivity index (χ1) is 17.2. The molecule has 0 bridgehead atoms. The Morgan fingerprint density at radius 3 is 2.66 bits per heavy atom. The van der Waals surface area contributed by atoms with Gasteiger partial charge < -0.3 is 10.2 Å². The summed E-state index contributed by atoms with van der Waals surface area (Å²) in [6.45, 7) is 6.25. The van der Waals surface area contributed by atoms with E-state index in [1.54, 1.807) is 6.33 Å². The molecule has 1 saturated heterocycles. The zero-order chi connectivity index (χ0) is 23.8. The van der Waals surface area contributed by atoms with E-state index >= 15 is 0 Å². The summed E-state index contributed by atoms with van der Waals surface area (Å²) >= 11 is 0. The van der Waals surface area contributed by atoms with Gasteiger partial charge in [-0.1, -0.05) is 50.2 Å². The summed E-state index contributed by atoms with van der Waals surface area (Å²) in [5, 5.41) is 10.6. The van der Waals surface area contributed by atoms with Gasteiger partial charge in [0.1, 0.15) is 6.33 Å². The summed E-state index contributed by atoms with van der Waals surface area (Å²) in [4.78, 5) is 16.7. The standard InChI is InChI=1S/C28H29N7/c1-19(2)30-17-24-8-5-15-34(24)28-33-26(21-11-13-29-14-12-21)25(27-31-18-32-35(27)28)23-10-9-20-6-3-4-7-22(20)16-23/h3-4,6-7,9-14,16,18-19,24,30H,5,8,15,17H2,1-2H3. The molecule has 0 spiro atoms. The molecule has 6 rings (SSSR count). The molecule has 1 N–H and O–H groups in total. The fourth-order valence-electron chi connectivity index (χ4n) is 5.07. The summed E-state index contributed by atoms with van der Waals surface area (Å²) < 4.78 is 1.92. The smallest absolute Gasteiger partial charge is 0.229 e. The molecule has 2 aromatic carbocycles. The fourth-order valence-corrected chi connectivity index (χ4v) is 5.07. The highest BCUT2D eigenvalue weighted by Crippen LogP contribution is 2.37. The van der Waals surface area contributed by atoms with Gasteiger partial charge >= 0.3 is 0 Å². The van der Waals surface area contributed by atoms with E-state index in [2.05, 4.69) is 76.6 Å². The maximum absolute atomic E-state index is 5.29. The normalized spacial score (nSPS) is 16.1. The van der Waals surface area contributed by atoms with Gasteiger partial charge in [-0.25, -0.2) is 9.97 Å². The molecule has 1 unspecified atom stereocenters. The first-order valence-corrected chi connectivity index (χ1v) is 12.3. The maximum Gasteiger partial charge on any atom is 0.229 e. The topological polar surface area (TPSA) is 71.2 Å². The lowest BCUT2D eigenvalue weighted by molar-refractivity contribution is 0.519. The van der Waals surface area contributed by atoms with Crippen LogP contribution in [0, 0.1) is 0 Å². The van der Waals surface area contributed by atoms with Crippen LogP contribution in [0.25, 0.3) is 38.8 Å². The van der Waals surface area contributed by atoms with Gasteiger partial charge in [0, 0.05) is 43.1 Å². The average molecular weight is 464 g/mol. The van der Waals surface area contributed by atoms with Gasteiger partial charge in [0.2, 0.25) is 5.95 Å². The van der Waals surface area contributed by atoms with E-state index in [4.69, 9.17) is 9.97 Å². The minimum Gasteiger partial charge on any atom is -0.336 e. The number of hydrogen-bond acceptors (Lipinski definition) is 6. The van der Waals surface area contributed by atoms with Gasteiger partial charge in [0.05, 0.1) is 11.3 Å².